The number of rotatable bonds is 4. The number of carboxylic acids is 1. The lowest BCUT2D eigenvalue weighted by molar-refractivity contribution is -0.141. The standard InChI is InChI=1S/C19H32N2O4/c1-19(2,3)25-18(24)21-13-11-20(12-14-21)16(17(22)23)10-9-15-7-5-4-6-8-15/h9-10,15-16H,4-8,11-14H2,1-3H3,(H,22,23)/b10-9+. The van der Waals surface area contributed by atoms with Gasteiger partial charge < -0.3 is 14.7 Å². The normalized spacial score (nSPS) is 22.1. The highest BCUT2D eigenvalue weighted by Crippen LogP contribution is 2.25. The maximum atomic E-state index is 12.1. The van der Waals surface area contributed by atoms with Crippen molar-refractivity contribution >= 4 is 12.1 Å². The molecule has 2 aliphatic rings. The highest BCUT2D eigenvalue weighted by Gasteiger charge is 2.30. The number of piperazine rings is 1. The number of hydrogen-bond acceptors (Lipinski definition) is 4. The first kappa shape index (κ1) is 19.8. The van der Waals surface area contributed by atoms with Crippen molar-refractivity contribution in [2.45, 2.75) is 64.5 Å². The average Bonchev–Trinajstić information content (AvgIpc) is 2.54. The van der Waals surface area contributed by atoms with E-state index in [0.29, 0.717) is 32.1 Å². The van der Waals surface area contributed by atoms with Crippen LogP contribution in [0.1, 0.15) is 52.9 Å². The number of aliphatic carboxylic acids is 1. The minimum Gasteiger partial charge on any atom is -0.480 e. The molecule has 0 aromatic rings. The number of amides is 1. The Balaban J connectivity index is 1.88. The van der Waals surface area contributed by atoms with E-state index in [1.165, 1.54) is 19.3 Å². The van der Waals surface area contributed by atoms with E-state index in [-0.39, 0.29) is 6.09 Å². The fraction of sp³-hybridized carbons (Fsp3) is 0.789. The molecule has 1 heterocycles. The van der Waals surface area contributed by atoms with Gasteiger partial charge in [-0.1, -0.05) is 31.4 Å². The molecule has 1 saturated carbocycles. The largest absolute Gasteiger partial charge is 0.480 e. The summed E-state index contributed by atoms with van der Waals surface area (Å²) in [6.45, 7) is 7.62. The summed E-state index contributed by atoms with van der Waals surface area (Å²) >= 11 is 0. The summed E-state index contributed by atoms with van der Waals surface area (Å²) in [5.41, 5.74) is -0.513. The Morgan fingerprint density at radius 1 is 1.08 bits per heavy atom. The molecule has 1 unspecified atom stereocenters. The van der Waals surface area contributed by atoms with Gasteiger partial charge in [-0.3, -0.25) is 9.69 Å². The summed E-state index contributed by atoms with van der Waals surface area (Å²) < 4.78 is 5.39. The monoisotopic (exact) mass is 352 g/mol. The van der Waals surface area contributed by atoms with E-state index in [9.17, 15) is 14.7 Å². The van der Waals surface area contributed by atoms with Crippen LogP contribution in [-0.4, -0.2) is 64.8 Å². The summed E-state index contributed by atoms with van der Waals surface area (Å²) in [4.78, 5) is 27.4. The molecule has 1 atom stereocenters. The van der Waals surface area contributed by atoms with Crippen LogP contribution in [-0.2, 0) is 9.53 Å². The van der Waals surface area contributed by atoms with Crippen LogP contribution < -0.4 is 0 Å². The first-order valence-corrected chi connectivity index (χ1v) is 9.39. The maximum absolute atomic E-state index is 12.1. The number of nitrogens with zero attached hydrogens (tertiary/aromatic N) is 2. The van der Waals surface area contributed by atoms with Crippen molar-refractivity contribution in [3.05, 3.63) is 12.2 Å². The van der Waals surface area contributed by atoms with E-state index >= 15 is 0 Å². The first-order chi connectivity index (χ1) is 11.8. The van der Waals surface area contributed by atoms with E-state index < -0.39 is 17.6 Å². The van der Waals surface area contributed by atoms with Crippen molar-refractivity contribution in [1.82, 2.24) is 9.80 Å². The van der Waals surface area contributed by atoms with Crippen molar-refractivity contribution in [3.8, 4) is 0 Å². The summed E-state index contributed by atoms with van der Waals surface area (Å²) in [7, 11) is 0. The second-order valence-electron chi connectivity index (χ2n) is 8.07. The van der Waals surface area contributed by atoms with Crippen molar-refractivity contribution in [2.75, 3.05) is 26.2 Å². The van der Waals surface area contributed by atoms with E-state index in [4.69, 9.17) is 4.74 Å². The molecule has 0 spiro atoms. The highest BCUT2D eigenvalue weighted by molar-refractivity contribution is 5.76. The minimum atomic E-state index is -0.822. The predicted molar refractivity (Wildman–Crippen MR) is 96.5 cm³/mol. The Kier molecular flexibility index (Phi) is 6.87. The van der Waals surface area contributed by atoms with Crippen LogP contribution in [0.15, 0.2) is 12.2 Å². The fourth-order valence-electron chi connectivity index (χ4n) is 3.46. The lowest BCUT2D eigenvalue weighted by Gasteiger charge is -2.37. The van der Waals surface area contributed by atoms with Gasteiger partial charge in [-0.2, -0.15) is 0 Å². The first-order valence-electron chi connectivity index (χ1n) is 9.39. The zero-order valence-electron chi connectivity index (χ0n) is 15.7. The number of carboxylic acid groups (broad SMARTS) is 1. The van der Waals surface area contributed by atoms with Gasteiger partial charge in [0, 0.05) is 26.2 Å². The molecule has 6 nitrogen and oxygen atoms in total. The smallest absolute Gasteiger partial charge is 0.410 e. The number of hydrogen-bond donors (Lipinski definition) is 1. The topological polar surface area (TPSA) is 70.1 Å². The van der Waals surface area contributed by atoms with Crippen LogP contribution in [0.2, 0.25) is 0 Å². The van der Waals surface area contributed by atoms with E-state index in [1.54, 1.807) is 4.90 Å². The number of allylic oxidation sites excluding steroid dienone is 1. The van der Waals surface area contributed by atoms with Gasteiger partial charge in [0.05, 0.1) is 0 Å². The fourth-order valence-corrected chi connectivity index (χ4v) is 3.46. The average molecular weight is 352 g/mol. The Hall–Kier alpha value is -1.56. The number of carbonyl (C=O) groups excluding carboxylic acids is 1. The van der Waals surface area contributed by atoms with Gasteiger partial charge in [0.25, 0.3) is 0 Å². The molecular formula is C19H32N2O4. The molecule has 0 aromatic heterocycles. The lowest BCUT2D eigenvalue weighted by atomic mass is 9.88. The van der Waals surface area contributed by atoms with Crippen molar-refractivity contribution < 1.29 is 19.4 Å². The van der Waals surface area contributed by atoms with Crippen LogP contribution in [0.5, 0.6) is 0 Å². The molecule has 1 amide bonds. The molecule has 0 radical (unpaired) electrons. The third kappa shape index (κ3) is 6.34. The zero-order chi connectivity index (χ0) is 18.4. The molecule has 1 aliphatic heterocycles. The third-order valence-electron chi connectivity index (χ3n) is 4.83. The number of carbonyl (C=O) groups is 2. The van der Waals surface area contributed by atoms with Crippen LogP contribution in [0.25, 0.3) is 0 Å². The SMILES string of the molecule is CC(C)(C)OC(=O)N1CCN(C(/C=C/C2CCCCC2)C(=O)O)CC1. The summed E-state index contributed by atoms with van der Waals surface area (Å²) in [5.74, 6) is -0.309. The predicted octanol–water partition coefficient (Wildman–Crippen LogP) is 3.13. The Labute approximate surface area is 150 Å². The van der Waals surface area contributed by atoms with Crippen molar-refractivity contribution in [3.63, 3.8) is 0 Å². The molecule has 1 N–H and O–H groups in total. The van der Waals surface area contributed by atoms with Gasteiger partial charge in [0.2, 0.25) is 0 Å². The van der Waals surface area contributed by atoms with E-state index in [0.717, 1.165) is 12.8 Å². The molecule has 142 valence electrons. The summed E-state index contributed by atoms with van der Waals surface area (Å²) in [6.07, 6.45) is 9.71. The Morgan fingerprint density at radius 2 is 1.68 bits per heavy atom. The lowest BCUT2D eigenvalue weighted by Crippen LogP contribution is -2.54. The molecule has 1 saturated heterocycles. The quantitative estimate of drug-likeness (QED) is 0.787. The van der Waals surface area contributed by atoms with Crippen molar-refractivity contribution in [1.29, 1.82) is 0 Å². The Morgan fingerprint density at radius 3 is 2.20 bits per heavy atom. The van der Waals surface area contributed by atoms with Gasteiger partial charge in [-0.25, -0.2) is 4.79 Å². The second-order valence-corrected chi connectivity index (χ2v) is 8.07. The van der Waals surface area contributed by atoms with Crippen LogP contribution >= 0.6 is 0 Å². The molecule has 0 aromatic carbocycles. The highest BCUT2D eigenvalue weighted by atomic mass is 16.6. The van der Waals surface area contributed by atoms with Gasteiger partial charge in [0.1, 0.15) is 11.6 Å². The van der Waals surface area contributed by atoms with Crippen LogP contribution in [0.3, 0.4) is 0 Å². The number of ether oxygens (including phenoxy) is 1. The second kappa shape index (κ2) is 8.70. The Bertz CT molecular complexity index is 484. The van der Waals surface area contributed by atoms with Gasteiger partial charge in [-0.15, -0.1) is 0 Å². The molecule has 1 aliphatic carbocycles. The molecule has 25 heavy (non-hydrogen) atoms. The van der Waals surface area contributed by atoms with Gasteiger partial charge >= 0.3 is 12.1 Å². The van der Waals surface area contributed by atoms with E-state index in [1.807, 2.05) is 31.7 Å². The molecule has 6 heteroatoms. The molecule has 0 bridgehead atoms. The van der Waals surface area contributed by atoms with Gasteiger partial charge in [-0.05, 0) is 39.5 Å². The van der Waals surface area contributed by atoms with Crippen molar-refractivity contribution in [2.24, 2.45) is 5.92 Å². The molecular weight excluding hydrogens is 320 g/mol. The van der Waals surface area contributed by atoms with Gasteiger partial charge in [0.15, 0.2) is 0 Å². The zero-order valence-corrected chi connectivity index (χ0v) is 15.7. The van der Waals surface area contributed by atoms with Crippen LogP contribution in [0, 0.1) is 5.92 Å². The third-order valence-corrected chi connectivity index (χ3v) is 4.83. The summed E-state index contributed by atoms with van der Waals surface area (Å²) in [5, 5.41) is 9.58. The summed E-state index contributed by atoms with van der Waals surface area (Å²) in [6, 6.07) is -0.609. The maximum Gasteiger partial charge on any atom is 0.410 e. The van der Waals surface area contributed by atoms with Crippen LogP contribution in [0.4, 0.5) is 4.79 Å². The molecule has 2 rings (SSSR count). The molecule has 2 fully saturated rings. The minimum absolute atomic E-state index is 0.322. The van der Waals surface area contributed by atoms with E-state index in [2.05, 4.69) is 6.08 Å².